The second-order valence-corrected chi connectivity index (χ2v) is 3.69. The van der Waals surface area contributed by atoms with E-state index in [4.69, 9.17) is 0 Å². The summed E-state index contributed by atoms with van der Waals surface area (Å²) in [5.74, 6) is 0. The fraction of sp³-hybridized carbons (Fsp3) is 0.545. The van der Waals surface area contributed by atoms with Crippen molar-refractivity contribution in [3.8, 4) is 0 Å². The first-order valence-corrected chi connectivity index (χ1v) is 5.07. The average Bonchev–Trinajstić information content (AvgIpc) is 2.69. The van der Waals surface area contributed by atoms with Crippen molar-refractivity contribution in [3.05, 3.63) is 30.1 Å². The monoisotopic (exact) mass is 248 g/mol. The molecule has 1 aromatic rings. The van der Waals surface area contributed by atoms with Gasteiger partial charge in [-0.2, -0.15) is 0 Å². The molecular weight excluding hydrogens is 231 g/mol. The summed E-state index contributed by atoms with van der Waals surface area (Å²) < 4.78 is 0. The van der Waals surface area contributed by atoms with Gasteiger partial charge in [0.25, 0.3) is 0 Å². The molecular formula is C11H18Cl2N2. The Morgan fingerprint density at radius 1 is 1.27 bits per heavy atom. The van der Waals surface area contributed by atoms with Gasteiger partial charge in [0, 0.05) is 18.4 Å². The zero-order valence-electron chi connectivity index (χ0n) is 8.69. The third-order valence-electron chi connectivity index (χ3n) is 2.69. The maximum atomic E-state index is 4.01. The lowest BCUT2D eigenvalue weighted by Crippen LogP contribution is -2.21. The van der Waals surface area contributed by atoms with Crippen LogP contribution in [0.3, 0.4) is 0 Å². The van der Waals surface area contributed by atoms with E-state index in [2.05, 4.69) is 22.4 Å². The topological polar surface area (TPSA) is 24.9 Å². The van der Waals surface area contributed by atoms with Crippen molar-refractivity contribution in [1.29, 1.82) is 0 Å². The van der Waals surface area contributed by atoms with Crippen LogP contribution in [0.5, 0.6) is 0 Å². The second kappa shape index (κ2) is 7.91. The molecule has 1 unspecified atom stereocenters. The Labute approximate surface area is 104 Å². The molecule has 4 heteroatoms. The zero-order chi connectivity index (χ0) is 8.93. The molecule has 1 fully saturated rings. The van der Waals surface area contributed by atoms with Crippen LogP contribution in [0.2, 0.25) is 0 Å². The third kappa shape index (κ3) is 4.83. The molecule has 1 N–H and O–H groups in total. The van der Waals surface area contributed by atoms with Gasteiger partial charge in [0.15, 0.2) is 0 Å². The number of aryl methyl sites for hydroxylation is 1. The summed E-state index contributed by atoms with van der Waals surface area (Å²) in [6.45, 7) is 1.21. The highest BCUT2D eigenvalue weighted by Gasteiger charge is 2.12. The lowest BCUT2D eigenvalue weighted by Gasteiger charge is -2.08. The number of nitrogens with one attached hydrogen (secondary N) is 1. The Morgan fingerprint density at radius 2 is 2.00 bits per heavy atom. The van der Waals surface area contributed by atoms with E-state index in [0.29, 0.717) is 0 Å². The standard InChI is InChI=1S/C11H16N2.2ClH/c1-2-11(13-7-1)4-3-10-5-8-12-9-6-10;;/h5-6,8-9,11,13H,1-4,7H2;2*1H. The Balaban J connectivity index is 0.000000980. The number of nitrogens with zero attached hydrogens (tertiary/aromatic N) is 1. The van der Waals surface area contributed by atoms with Crippen LogP contribution in [0.25, 0.3) is 0 Å². The van der Waals surface area contributed by atoms with Crippen molar-refractivity contribution in [2.24, 2.45) is 0 Å². The van der Waals surface area contributed by atoms with Crippen LogP contribution < -0.4 is 5.32 Å². The number of rotatable bonds is 3. The molecule has 1 aliphatic heterocycles. The highest BCUT2D eigenvalue weighted by molar-refractivity contribution is 5.85. The van der Waals surface area contributed by atoms with Gasteiger partial charge in [-0.15, -0.1) is 24.8 Å². The number of halogens is 2. The fourth-order valence-electron chi connectivity index (χ4n) is 1.89. The first-order chi connectivity index (χ1) is 6.45. The zero-order valence-corrected chi connectivity index (χ0v) is 10.3. The van der Waals surface area contributed by atoms with Gasteiger partial charge in [0.1, 0.15) is 0 Å². The molecule has 2 rings (SSSR count). The van der Waals surface area contributed by atoms with Gasteiger partial charge in [-0.25, -0.2) is 0 Å². The van der Waals surface area contributed by atoms with Crippen molar-refractivity contribution in [2.75, 3.05) is 6.54 Å². The molecule has 2 nitrogen and oxygen atoms in total. The van der Waals surface area contributed by atoms with Crippen LogP contribution in [0.4, 0.5) is 0 Å². The molecule has 2 heterocycles. The van der Waals surface area contributed by atoms with Crippen molar-refractivity contribution in [2.45, 2.75) is 31.7 Å². The molecule has 15 heavy (non-hydrogen) atoms. The predicted octanol–water partition coefficient (Wildman–Crippen LogP) is 2.61. The maximum Gasteiger partial charge on any atom is 0.0270 e. The lowest BCUT2D eigenvalue weighted by atomic mass is 10.1. The minimum atomic E-state index is 0. The maximum absolute atomic E-state index is 4.01. The smallest absolute Gasteiger partial charge is 0.0270 e. The fourth-order valence-corrected chi connectivity index (χ4v) is 1.89. The average molecular weight is 249 g/mol. The van der Waals surface area contributed by atoms with Gasteiger partial charge in [0.2, 0.25) is 0 Å². The molecule has 0 bridgehead atoms. The number of pyridine rings is 1. The minimum absolute atomic E-state index is 0. The summed E-state index contributed by atoms with van der Waals surface area (Å²) in [7, 11) is 0. The van der Waals surface area contributed by atoms with Gasteiger partial charge >= 0.3 is 0 Å². The molecule has 1 atom stereocenters. The molecule has 0 aromatic carbocycles. The van der Waals surface area contributed by atoms with Gasteiger partial charge in [-0.1, -0.05) is 0 Å². The van der Waals surface area contributed by atoms with Crippen molar-refractivity contribution in [1.82, 2.24) is 10.3 Å². The summed E-state index contributed by atoms with van der Waals surface area (Å²) in [5.41, 5.74) is 1.41. The molecule has 0 amide bonds. The highest BCUT2D eigenvalue weighted by atomic mass is 35.5. The van der Waals surface area contributed by atoms with Gasteiger partial charge in [-0.05, 0) is 49.9 Å². The van der Waals surface area contributed by atoms with E-state index >= 15 is 0 Å². The summed E-state index contributed by atoms with van der Waals surface area (Å²) in [5, 5.41) is 3.51. The number of aromatic nitrogens is 1. The van der Waals surface area contributed by atoms with Gasteiger partial charge < -0.3 is 5.32 Å². The molecule has 86 valence electrons. The Bertz CT molecular complexity index is 248. The summed E-state index contributed by atoms with van der Waals surface area (Å²) in [4.78, 5) is 4.01. The quantitative estimate of drug-likeness (QED) is 0.890. The summed E-state index contributed by atoms with van der Waals surface area (Å²) in [6, 6.07) is 4.97. The third-order valence-corrected chi connectivity index (χ3v) is 2.69. The molecule has 0 spiro atoms. The second-order valence-electron chi connectivity index (χ2n) is 3.69. The van der Waals surface area contributed by atoms with Crippen LogP contribution in [-0.4, -0.2) is 17.6 Å². The van der Waals surface area contributed by atoms with Crippen molar-refractivity contribution in [3.63, 3.8) is 0 Å². The van der Waals surface area contributed by atoms with Gasteiger partial charge in [-0.3, -0.25) is 4.98 Å². The SMILES string of the molecule is Cl.Cl.c1cc(CCC2CCCN2)ccn1. The largest absolute Gasteiger partial charge is 0.314 e. The Hall–Kier alpha value is -0.310. The van der Waals surface area contributed by atoms with E-state index < -0.39 is 0 Å². The van der Waals surface area contributed by atoms with Gasteiger partial charge in [0.05, 0.1) is 0 Å². The van der Waals surface area contributed by atoms with E-state index in [1.807, 2.05) is 12.4 Å². The highest BCUT2D eigenvalue weighted by Crippen LogP contribution is 2.11. The molecule has 0 radical (unpaired) electrons. The van der Waals surface area contributed by atoms with Crippen LogP contribution in [0, 0.1) is 0 Å². The van der Waals surface area contributed by atoms with E-state index in [0.717, 1.165) is 6.04 Å². The summed E-state index contributed by atoms with van der Waals surface area (Å²) >= 11 is 0. The molecule has 0 saturated carbocycles. The van der Waals surface area contributed by atoms with Crippen LogP contribution >= 0.6 is 24.8 Å². The van der Waals surface area contributed by atoms with E-state index in [-0.39, 0.29) is 24.8 Å². The summed E-state index contributed by atoms with van der Waals surface area (Å²) in [6.07, 6.45) is 8.89. The Morgan fingerprint density at radius 3 is 2.60 bits per heavy atom. The molecule has 1 aliphatic rings. The first-order valence-electron chi connectivity index (χ1n) is 5.07. The van der Waals surface area contributed by atoms with Crippen LogP contribution in [0.15, 0.2) is 24.5 Å². The lowest BCUT2D eigenvalue weighted by molar-refractivity contribution is 0.559. The van der Waals surface area contributed by atoms with Crippen LogP contribution in [-0.2, 0) is 6.42 Å². The molecule has 1 saturated heterocycles. The van der Waals surface area contributed by atoms with Crippen LogP contribution in [0.1, 0.15) is 24.8 Å². The molecule has 1 aromatic heterocycles. The van der Waals surface area contributed by atoms with E-state index in [1.165, 1.54) is 37.8 Å². The predicted molar refractivity (Wildman–Crippen MR) is 68.1 cm³/mol. The Kier molecular flexibility index (Phi) is 7.75. The van der Waals surface area contributed by atoms with E-state index in [9.17, 15) is 0 Å². The van der Waals surface area contributed by atoms with Crippen molar-refractivity contribution >= 4 is 24.8 Å². The van der Waals surface area contributed by atoms with Crippen molar-refractivity contribution < 1.29 is 0 Å². The minimum Gasteiger partial charge on any atom is -0.314 e. The first kappa shape index (κ1) is 14.7. The normalized spacial score (nSPS) is 19.1. The number of hydrogen-bond acceptors (Lipinski definition) is 2. The number of hydrogen-bond donors (Lipinski definition) is 1. The van der Waals surface area contributed by atoms with E-state index in [1.54, 1.807) is 0 Å². The molecule has 0 aliphatic carbocycles.